The first-order valence-electron chi connectivity index (χ1n) is 10.2. The van der Waals surface area contributed by atoms with Crippen LogP contribution in [0.5, 0.6) is 0 Å². The quantitative estimate of drug-likeness (QED) is 0.692. The molecule has 1 aromatic rings. The number of likely N-dealkylation sites (tertiary alicyclic amines) is 1. The Hall–Kier alpha value is -2.37. The topological polar surface area (TPSA) is 75.7 Å². The van der Waals surface area contributed by atoms with Crippen molar-refractivity contribution in [1.82, 2.24) is 10.2 Å². The third-order valence-corrected chi connectivity index (χ3v) is 4.98. The van der Waals surface area contributed by atoms with Gasteiger partial charge in [-0.3, -0.25) is 9.59 Å². The molecule has 0 saturated carbocycles. The van der Waals surface area contributed by atoms with E-state index in [1.165, 1.54) is 5.56 Å². The molecule has 6 nitrogen and oxygen atoms in total. The molecule has 0 unspecified atom stereocenters. The van der Waals surface area contributed by atoms with Crippen molar-refractivity contribution in [1.29, 1.82) is 0 Å². The Balaban J connectivity index is 1.77. The summed E-state index contributed by atoms with van der Waals surface area (Å²) < 4.78 is 4.77. The van der Waals surface area contributed by atoms with Gasteiger partial charge in [-0.15, -0.1) is 0 Å². The minimum atomic E-state index is -0.501. The van der Waals surface area contributed by atoms with E-state index in [9.17, 15) is 14.4 Å². The molecule has 0 bridgehead atoms. The molecular formula is C22H32N2O4. The molecule has 0 radical (unpaired) electrons. The van der Waals surface area contributed by atoms with Crippen molar-refractivity contribution in [3.05, 3.63) is 35.4 Å². The molecule has 2 amide bonds. The van der Waals surface area contributed by atoms with E-state index in [0.29, 0.717) is 38.5 Å². The maximum Gasteiger partial charge on any atom is 0.407 e. The predicted molar refractivity (Wildman–Crippen MR) is 108 cm³/mol. The third kappa shape index (κ3) is 6.66. The van der Waals surface area contributed by atoms with Gasteiger partial charge in [-0.1, -0.05) is 38.1 Å². The Kier molecular flexibility index (Phi) is 8.48. The molecule has 28 heavy (non-hydrogen) atoms. The molecule has 1 aliphatic rings. The Morgan fingerprint density at radius 1 is 1.14 bits per heavy atom. The van der Waals surface area contributed by atoms with Gasteiger partial charge in [0.1, 0.15) is 0 Å². The van der Waals surface area contributed by atoms with E-state index < -0.39 is 6.09 Å². The molecule has 1 aromatic carbocycles. The molecule has 1 aliphatic heterocycles. The second-order valence-electron chi connectivity index (χ2n) is 7.71. The highest BCUT2D eigenvalue weighted by Gasteiger charge is 2.27. The molecule has 1 fully saturated rings. The second-order valence-corrected chi connectivity index (χ2v) is 7.71. The molecule has 154 valence electrons. The van der Waals surface area contributed by atoms with Crippen molar-refractivity contribution in [2.24, 2.45) is 11.8 Å². The molecule has 1 N–H and O–H groups in total. The van der Waals surface area contributed by atoms with Crippen LogP contribution in [0.2, 0.25) is 0 Å². The van der Waals surface area contributed by atoms with Gasteiger partial charge in [-0.25, -0.2) is 4.79 Å². The van der Waals surface area contributed by atoms with Crippen LogP contribution in [-0.4, -0.2) is 48.9 Å². The maximum atomic E-state index is 12.8. The van der Waals surface area contributed by atoms with Gasteiger partial charge in [-0.2, -0.15) is 0 Å². The molecule has 0 aromatic heterocycles. The van der Waals surface area contributed by atoms with Crippen LogP contribution < -0.4 is 5.32 Å². The number of amides is 2. The lowest BCUT2D eigenvalue weighted by Gasteiger charge is -2.31. The summed E-state index contributed by atoms with van der Waals surface area (Å²) in [6.07, 6.45) is 2.13. The molecule has 0 spiro atoms. The van der Waals surface area contributed by atoms with Crippen LogP contribution in [0.25, 0.3) is 0 Å². The van der Waals surface area contributed by atoms with Gasteiger partial charge in [-0.05, 0) is 37.7 Å². The monoisotopic (exact) mass is 388 g/mol. The smallest absolute Gasteiger partial charge is 0.407 e. The average molecular weight is 389 g/mol. The van der Waals surface area contributed by atoms with Crippen molar-refractivity contribution in [2.45, 2.75) is 46.5 Å². The molecule has 0 atom stereocenters. The SMILES string of the molecule is CCOC(=O)NCCC(=O)N1CCC(C(=O)c2ccc(CC(C)C)cc2)CC1. The van der Waals surface area contributed by atoms with Crippen molar-refractivity contribution in [3.8, 4) is 0 Å². The van der Waals surface area contributed by atoms with Gasteiger partial charge >= 0.3 is 6.09 Å². The fourth-order valence-electron chi connectivity index (χ4n) is 3.52. The van der Waals surface area contributed by atoms with Gasteiger partial charge in [0.25, 0.3) is 0 Å². The van der Waals surface area contributed by atoms with Gasteiger partial charge in [0, 0.05) is 37.5 Å². The summed E-state index contributed by atoms with van der Waals surface area (Å²) in [7, 11) is 0. The summed E-state index contributed by atoms with van der Waals surface area (Å²) in [4.78, 5) is 38.0. The van der Waals surface area contributed by atoms with E-state index >= 15 is 0 Å². The highest BCUT2D eigenvalue weighted by Crippen LogP contribution is 2.23. The minimum Gasteiger partial charge on any atom is -0.450 e. The summed E-state index contributed by atoms with van der Waals surface area (Å²) in [6.45, 7) is 7.83. The van der Waals surface area contributed by atoms with Crippen LogP contribution in [0.15, 0.2) is 24.3 Å². The van der Waals surface area contributed by atoms with Crippen molar-refractivity contribution in [3.63, 3.8) is 0 Å². The lowest BCUT2D eigenvalue weighted by Crippen LogP contribution is -2.41. The van der Waals surface area contributed by atoms with E-state index in [2.05, 4.69) is 19.2 Å². The van der Waals surface area contributed by atoms with Crippen LogP contribution in [0, 0.1) is 11.8 Å². The maximum absolute atomic E-state index is 12.8. The van der Waals surface area contributed by atoms with E-state index in [1.807, 2.05) is 24.3 Å². The number of rotatable bonds is 8. The molecular weight excluding hydrogens is 356 g/mol. The Morgan fingerprint density at radius 3 is 2.36 bits per heavy atom. The number of alkyl carbamates (subject to hydrolysis) is 1. The largest absolute Gasteiger partial charge is 0.450 e. The summed E-state index contributed by atoms with van der Waals surface area (Å²) in [5, 5.41) is 2.56. The van der Waals surface area contributed by atoms with Crippen molar-refractivity contribution in [2.75, 3.05) is 26.2 Å². The van der Waals surface area contributed by atoms with E-state index in [1.54, 1.807) is 11.8 Å². The van der Waals surface area contributed by atoms with E-state index in [-0.39, 0.29) is 30.6 Å². The molecule has 1 heterocycles. The normalized spacial score (nSPS) is 14.8. The summed E-state index contributed by atoms with van der Waals surface area (Å²) >= 11 is 0. The number of Topliss-reactive ketones (excluding diaryl/α,β-unsaturated/α-hetero) is 1. The fraction of sp³-hybridized carbons (Fsp3) is 0.591. The first-order valence-corrected chi connectivity index (χ1v) is 10.2. The lowest BCUT2D eigenvalue weighted by molar-refractivity contribution is -0.132. The molecule has 6 heteroatoms. The predicted octanol–water partition coefficient (Wildman–Crippen LogP) is 3.44. The Bertz CT molecular complexity index is 662. The Labute approximate surface area is 167 Å². The highest BCUT2D eigenvalue weighted by molar-refractivity contribution is 5.98. The van der Waals surface area contributed by atoms with Crippen molar-refractivity contribution >= 4 is 17.8 Å². The number of ketones is 1. The van der Waals surface area contributed by atoms with Gasteiger partial charge in [0.15, 0.2) is 5.78 Å². The van der Waals surface area contributed by atoms with Crippen LogP contribution in [0.3, 0.4) is 0 Å². The van der Waals surface area contributed by atoms with Gasteiger partial charge < -0.3 is 15.0 Å². The average Bonchev–Trinajstić information content (AvgIpc) is 2.68. The number of hydrogen-bond donors (Lipinski definition) is 1. The molecule has 1 saturated heterocycles. The van der Waals surface area contributed by atoms with E-state index in [0.717, 1.165) is 12.0 Å². The zero-order chi connectivity index (χ0) is 20.5. The molecule has 2 rings (SSSR count). The summed E-state index contributed by atoms with van der Waals surface area (Å²) in [6, 6.07) is 7.95. The first-order chi connectivity index (χ1) is 13.4. The van der Waals surface area contributed by atoms with Crippen LogP contribution >= 0.6 is 0 Å². The number of hydrogen-bond acceptors (Lipinski definition) is 4. The van der Waals surface area contributed by atoms with E-state index in [4.69, 9.17) is 4.74 Å². The van der Waals surface area contributed by atoms with Gasteiger partial charge in [0.05, 0.1) is 6.61 Å². The lowest BCUT2D eigenvalue weighted by atomic mass is 9.88. The van der Waals surface area contributed by atoms with Crippen LogP contribution in [0.4, 0.5) is 4.79 Å². The minimum absolute atomic E-state index is 0.000681. The number of carbonyl (C=O) groups excluding carboxylic acids is 3. The van der Waals surface area contributed by atoms with Crippen LogP contribution in [-0.2, 0) is 16.0 Å². The standard InChI is InChI=1S/C22H32N2O4/c1-4-28-22(27)23-12-9-20(25)24-13-10-19(11-14-24)21(26)18-7-5-17(6-8-18)15-16(2)3/h5-8,16,19H,4,9-15H2,1-3H3,(H,23,27). The second kappa shape index (κ2) is 10.8. The third-order valence-electron chi connectivity index (χ3n) is 4.98. The fourth-order valence-corrected chi connectivity index (χ4v) is 3.52. The zero-order valence-electron chi connectivity index (χ0n) is 17.2. The Morgan fingerprint density at radius 2 is 1.79 bits per heavy atom. The summed E-state index contributed by atoms with van der Waals surface area (Å²) in [5.41, 5.74) is 2.01. The number of nitrogens with one attached hydrogen (secondary N) is 1. The van der Waals surface area contributed by atoms with Crippen LogP contribution in [0.1, 0.15) is 56.0 Å². The number of piperidine rings is 1. The summed E-state index contributed by atoms with van der Waals surface area (Å²) in [5.74, 6) is 0.737. The number of nitrogens with zero attached hydrogens (tertiary/aromatic N) is 1. The van der Waals surface area contributed by atoms with Crippen molar-refractivity contribution < 1.29 is 19.1 Å². The highest BCUT2D eigenvalue weighted by atomic mass is 16.5. The number of benzene rings is 1. The molecule has 0 aliphatic carbocycles. The number of ether oxygens (including phenoxy) is 1. The number of carbonyl (C=O) groups is 3. The first kappa shape index (κ1) is 21.9. The zero-order valence-corrected chi connectivity index (χ0v) is 17.2. The van der Waals surface area contributed by atoms with Gasteiger partial charge in [0.2, 0.25) is 5.91 Å².